The second-order valence-electron chi connectivity index (χ2n) is 3.30. The standard InChI is InChI=1S/C10H11BrF2O/c1-5-3-7(11)10(13)8(9(5)12)6(2)4-14/h3,6,14H,4H2,1-2H3. The van der Waals surface area contributed by atoms with Gasteiger partial charge < -0.3 is 5.11 Å². The zero-order valence-corrected chi connectivity index (χ0v) is 9.53. The van der Waals surface area contributed by atoms with Gasteiger partial charge in [-0.1, -0.05) is 6.92 Å². The highest BCUT2D eigenvalue weighted by Gasteiger charge is 2.19. The van der Waals surface area contributed by atoms with Crippen LogP contribution >= 0.6 is 15.9 Å². The van der Waals surface area contributed by atoms with E-state index in [1.807, 2.05) is 0 Å². The summed E-state index contributed by atoms with van der Waals surface area (Å²) < 4.78 is 27.2. The molecule has 78 valence electrons. The van der Waals surface area contributed by atoms with Crippen LogP contribution in [0.4, 0.5) is 8.78 Å². The molecule has 4 heteroatoms. The molecule has 0 heterocycles. The van der Waals surface area contributed by atoms with E-state index in [2.05, 4.69) is 15.9 Å². The maximum atomic E-state index is 13.5. The molecule has 0 aliphatic rings. The number of rotatable bonds is 2. The number of halogens is 3. The lowest BCUT2D eigenvalue weighted by atomic mass is 9.98. The van der Waals surface area contributed by atoms with E-state index >= 15 is 0 Å². The van der Waals surface area contributed by atoms with E-state index in [9.17, 15) is 8.78 Å². The van der Waals surface area contributed by atoms with Crippen molar-refractivity contribution in [2.45, 2.75) is 19.8 Å². The summed E-state index contributed by atoms with van der Waals surface area (Å²) in [6, 6.07) is 1.39. The highest BCUT2D eigenvalue weighted by molar-refractivity contribution is 9.10. The molecular formula is C10H11BrF2O. The maximum absolute atomic E-state index is 13.5. The molecule has 1 nitrogen and oxygen atoms in total. The fraction of sp³-hybridized carbons (Fsp3) is 0.400. The Bertz CT molecular complexity index is 326. The molecule has 14 heavy (non-hydrogen) atoms. The predicted molar refractivity (Wildman–Crippen MR) is 54.3 cm³/mol. The van der Waals surface area contributed by atoms with Gasteiger partial charge in [-0.3, -0.25) is 0 Å². The second-order valence-corrected chi connectivity index (χ2v) is 4.15. The normalized spacial score (nSPS) is 13.0. The average molecular weight is 265 g/mol. The van der Waals surface area contributed by atoms with E-state index in [1.54, 1.807) is 13.8 Å². The highest BCUT2D eigenvalue weighted by atomic mass is 79.9. The number of hydrogen-bond acceptors (Lipinski definition) is 1. The van der Waals surface area contributed by atoms with Crippen LogP contribution in [0.5, 0.6) is 0 Å². The lowest BCUT2D eigenvalue weighted by molar-refractivity contribution is 0.267. The first kappa shape index (κ1) is 11.6. The quantitative estimate of drug-likeness (QED) is 0.814. The number of aliphatic hydroxyl groups excluding tert-OH is 1. The van der Waals surface area contributed by atoms with Crippen LogP contribution in [0.15, 0.2) is 10.5 Å². The minimum Gasteiger partial charge on any atom is -0.396 e. The first-order valence-electron chi connectivity index (χ1n) is 4.23. The molecule has 0 saturated heterocycles. The fourth-order valence-electron chi connectivity index (χ4n) is 1.28. The Morgan fingerprint density at radius 2 is 2.00 bits per heavy atom. The molecule has 0 amide bonds. The van der Waals surface area contributed by atoms with Gasteiger partial charge in [0, 0.05) is 18.1 Å². The van der Waals surface area contributed by atoms with Crippen LogP contribution < -0.4 is 0 Å². The first-order chi connectivity index (χ1) is 6.49. The van der Waals surface area contributed by atoms with E-state index in [0.717, 1.165) is 0 Å². The van der Waals surface area contributed by atoms with Gasteiger partial charge in [0.1, 0.15) is 11.6 Å². The Balaban J connectivity index is 3.39. The highest BCUT2D eigenvalue weighted by Crippen LogP contribution is 2.29. The summed E-state index contributed by atoms with van der Waals surface area (Å²) in [5.74, 6) is -1.74. The Morgan fingerprint density at radius 3 is 2.50 bits per heavy atom. The molecular weight excluding hydrogens is 254 g/mol. The van der Waals surface area contributed by atoms with Gasteiger partial charge in [-0.05, 0) is 34.5 Å². The van der Waals surface area contributed by atoms with E-state index < -0.39 is 17.6 Å². The Kier molecular flexibility index (Phi) is 3.61. The first-order valence-corrected chi connectivity index (χ1v) is 5.03. The van der Waals surface area contributed by atoms with E-state index in [-0.39, 0.29) is 16.6 Å². The molecule has 0 aliphatic heterocycles. The zero-order chi connectivity index (χ0) is 10.9. The minimum atomic E-state index is -0.630. The van der Waals surface area contributed by atoms with Crippen LogP contribution in [-0.4, -0.2) is 11.7 Å². The zero-order valence-electron chi connectivity index (χ0n) is 7.94. The monoisotopic (exact) mass is 264 g/mol. The summed E-state index contributed by atoms with van der Waals surface area (Å²) in [6.45, 7) is 2.87. The van der Waals surface area contributed by atoms with Gasteiger partial charge in [0.2, 0.25) is 0 Å². The van der Waals surface area contributed by atoms with Crippen LogP contribution in [0.3, 0.4) is 0 Å². The van der Waals surface area contributed by atoms with Crippen molar-refractivity contribution in [3.05, 3.63) is 33.3 Å². The molecule has 1 N–H and O–H groups in total. The van der Waals surface area contributed by atoms with E-state index in [1.165, 1.54) is 6.07 Å². The molecule has 0 fully saturated rings. The maximum Gasteiger partial charge on any atom is 0.143 e. The molecule has 0 bridgehead atoms. The van der Waals surface area contributed by atoms with Gasteiger partial charge in [0.05, 0.1) is 4.47 Å². The molecule has 0 aromatic heterocycles. The summed E-state index contributed by atoms with van der Waals surface area (Å²) in [6.07, 6.45) is 0. The molecule has 0 saturated carbocycles. The molecule has 0 aliphatic carbocycles. The van der Waals surface area contributed by atoms with Crippen molar-refractivity contribution in [3.8, 4) is 0 Å². The van der Waals surface area contributed by atoms with Crippen molar-refractivity contribution in [1.29, 1.82) is 0 Å². The summed E-state index contributed by atoms with van der Waals surface area (Å²) in [5.41, 5.74) is 0.313. The number of aliphatic hydroxyl groups is 1. The fourth-order valence-corrected chi connectivity index (χ4v) is 1.84. The van der Waals surface area contributed by atoms with E-state index in [4.69, 9.17) is 5.11 Å². The van der Waals surface area contributed by atoms with Crippen molar-refractivity contribution >= 4 is 15.9 Å². The predicted octanol–water partition coefficient (Wildman–Crippen LogP) is 3.13. The van der Waals surface area contributed by atoms with Crippen LogP contribution in [0.2, 0.25) is 0 Å². The third-order valence-corrected chi connectivity index (χ3v) is 2.72. The molecule has 1 atom stereocenters. The van der Waals surface area contributed by atoms with Gasteiger partial charge in [-0.25, -0.2) is 8.78 Å². The van der Waals surface area contributed by atoms with Crippen molar-refractivity contribution in [2.24, 2.45) is 0 Å². The second kappa shape index (κ2) is 4.36. The number of aryl methyl sites for hydroxylation is 1. The van der Waals surface area contributed by atoms with Gasteiger partial charge in [-0.15, -0.1) is 0 Å². The van der Waals surface area contributed by atoms with Crippen LogP contribution in [0, 0.1) is 18.6 Å². The lowest BCUT2D eigenvalue weighted by Crippen LogP contribution is -2.07. The summed E-state index contributed by atoms with van der Waals surface area (Å²) in [7, 11) is 0. The molecule has 0 radical (unpaired) electrons. The smallest absolute Gasteiger partial charge is 0.143 e. The summed E-state index contributed by atoms with van der Waals surface area (Å²) in [4.78, 5) is 0. The van der Waals surface area contributed by atoms with Gasteiger partial charge >= 0.3 is 0 Å². The number of benzene rings is 1. The van der Waals surface area contributed by atoms with Crippen LogP contribution in [0.1, 0.15) is 24.0 Å². The molecule has 1 rings (SSSR count). The molecule has 1 aromatic rings. The molecule has 0 spiro atoms. The largest absolute Gasteiger partial charge is 0.396 e. The van der Waals surface area contributed by atoms with Crippen molar-refractivity contribution in [1.82, 2.24) is 0 Å². The number of hydrogen-bond donors (Lipinski definition) is 1. The van der Waals surface area contributed by atoms with Gasteiger partial charge in [0.25, 0.3) is 0 Å². The Morgan fingerprint density at radius 1 is 1.43 bits per heavy atom. The average Bonchev–Trinajstić information content (AvgIpc) is 2.15. The van der Waals surface area contributed by atoms with Crippen LogP contribution in [-0.2, 0) is 0 Å². The van der Waals surface area contributed by atoms with E-state index in [0.29, 0.717) is 5.56 Å². The third-order valence-electron chi connectivity index (χ3n) is 2.14. The SMILES string of the molecule is Cc1cc(Br)c(F)c(C(C)CO)c1F. The lowest BCUT2D eigenvalue weighted by Gasteiger charge is -2.13. The topological polar surface area (TPSA) is 20.2 Å². The van der Waals surface area contributed by atoms with Crippen LogP contribution in [0.25, 0.3) is 0 Å². The van der Waals surface area contributed by atoms with Crippen molar-refractivity contribution in [3.63, 3.8) is 0 Å². The Labute approximate surface area is 89.9 Å². The summed E-state index contributed by atoms with van der Waals surface area (Å²) in [5, 5.41) is 8.87. The molecule has 1 unspecified atom stereocenters. The van der Waals surface area contributed by atoms with Gasteiger partial charge in [-0.2, -0.15) is 0 Å². The minimum absolute atomic E-state index is 0.0561. The summed E-state index contributed by atoms with van der Waals surface area (Å²) >= 11 is 3.01. The van der Waals surface area contributed by atoms with Crippen molar-refractivity contribution < 1.29 is 13.9 Å². The third kappa shape index (κ3) is 1.96. The molecule has 1 aromatic carbocycles. The van der Waals surface area contributed by atoms with Gasteiger partial charge in [0.15, 0.2) is 0 Å². The Hall–Kier alpha value is -0.480. The van der Waals surface area contributed by atoms with Crippen molar-refractivity contribution in [2.75, 3.05) is 6.61 Å².